The highest BCUT2D eigenvalue weighted by molar-refractivity contribution is 7.47. The number of phosphoric acid groups is 1. The van der Waals surface area contributed by atoms with Gasteiger partial charge in [0, 0.05) is 19.4 Å². The minimum Gasteiger partial charge on any atom is -0.462 e. The number of nitrogens with two attached hydrogens (primary N) is 1. The van der Waals surface area contributed by atoms with Crippen molar-refractivity contribution in [3.05, 3.63) is 60.8 Å². The predicted octanol–water partition coefficient (Wildman–Crippen LogP) is 12.5. The van der Waals surface area contributed by atoms with Crippen LogP contribution < -0.4 is 5.73 Å². The molecule has 0 aromatic carbocycles. The Morgan fingerprint density at radius 3 is 1.55 bits per heavy atom. The molecular weight excluding hydrogens is 713 g/mol. The van der Waals surface area contributed by atoms with E-state index in [0.717, 1.165) is 57.8 Å². The van der Waals surface area contributed by atoms with Crippen LogP contribution in [0.4, 0.5) is 0 Å². The minimum absolute atomic E-state index is 0.0440. The number of ether oxygens (including phenoxy) is 2. The van der Waals surface area contributed by atoms with E-state index in [1.807, 2.05) is 0 Å². The molecule has 0 amide bonds. The molecule has 318 valence electrons. The predicted molar refractivity (Wildman–Crippen MR) is 229 cm³/mol. The molecule has 0 bridgehead atoms. The Kier molecular flexibility index (Phi) is 39.6. The van der Waals surface area contributed by atoms with Gasteiger partial charge in [0.1, 0.15) is 6.61 Å². The van der Waals surface area contributed by atoms with Gasteiger partial charge in [-0.1, -0.05) is 152 Å². The van der Waals surface area contributed by atoms with Gasteiger partial charge in [0.2, 0.25) is 0 Å². The smallest absolute Gasteiger partial charge is 0.462 e. The average molecular weight is 794 g/mol. The topological polar surface area (TPSA) is 134 Å². The zero-order valence-corrected chi connectivity index (χ0v) is 35.8. The van der Waals surface area contributed by atoms with Crippen LogP contribution in [0.1, 0.15) is 181 Å². The number of rotatable bonds is 40. The van der Waals surface area contributed by atoms with Crippen LogP contribution in [0.5, 0.6) is 0 Å². The van der Waals surface area contributed by atoms with Gasteiger partial charge in [-0.3, -0.25) is 18.6 Å². The van der Waals surface area contributed by atoms with Crippen LogP contribution in [-0.4, -0.2) is 49.3 Å². The normalized spacial score (nSPS) is 13.9. The summed E-state index contributed by atoms with van der Waals surface area (Å²) >= 11 is 0. The highest BCUT2D eigenvalue weighted by Crippen LogP contribution is 2.43. The number of hydrogen-bond acceptors (Lipinski definition) is 8. The number of carbonyl (C=O) groups is 2. The molecule has 0 saturated carbocycles. The summed E-state index contributed by atoms with van der Waals surface area (Å²) in [5.41, 5.74) is 5.34. The van der Waals surface area contributed by atoms with E-state index in [-0.39, 0.29) is 32.6 Å². The van der Waals surface area contributed by atoms with Gasteiger partial charge in [0.05, 0.1) is 13.2 Å². The number of allylic oxidation sites excluding steroid dienone is 10. The van der Waals surface area contributed by atoms with Crippen molar-refractivity contribution in [1.29, 1.82) is 0 Å². The Hall–Kier alpha value is -2.29. The van der Waals surface area contributed by atoms with E-state index in [2.05, 4.69) is 74.6 Å². The summed E-state index contributed by atoms with van der Waals surface area (Å²) in [6, 6.07) is 0. The molecule has 0 aromatic heterocycles. The number of phosphoric ester groups is 1. The van der Waals surface area contributed by atoms with E-state index in [4.69, 9.17) is 24.3 Å². The first-order chi connectivity index (χ1) is 26.8. The average Bonchev–Trinajstić information content (AvgIpc) is 3.17. The van der Waals surface area contributed by atoms with E-state index >= 15 is 0 Å². The van der Waals surface area contributed by atoms with Gasteiger partial charge < -0.3 is 20.1 Å². The van der Waals surface area contributed by atoms with E-state index in [0.29, 0.717) is 6.42 Å². The van der Waals surface area contributed by atoms with Gasteiger partial charge in [-0.15, -0.1) is 0 Å². The van der Waals surface area contributed by atoms with Crippen molar-refractivity contribution in [2.45, 2.75) is 187 Å². The molecular formula is C45H80NO8P. The largest absolute Gasteiger partial charge is 0.472 e. The summed E-state index contributed by atoms with van der Waals surface area (Å²) < 4.78 is 32.7. The van der Waals surface area contributed by atoms with Crippen LogP contribution in [0.3, 0.4) is 0 Å². The number of esters is 2. The molecule has 0 fully saturated rings. The van der Waals surface area contributed by atoms with Gasteiger partial charge >= 0.3 is 19.8 Å². The first-order valence-corrected chi connectivity index (χ1v) is 23.3. The third-order valence-electron chi connectivity index (χ3n) is 8.89. The molecule has 0 rings (SSSR count). The summed E-state index contributed by atoms with van der Waals surface area (Å²) in [5, 5.41) is 0. The van der Waals surface area contributed by atoms with Crippen LogP contribution in [0.2, 0.25) is 0 Å². The van der Waals surface area contributed by atoms with E-state index in [9.17, 15) is 19.0 Å². The van der Waals surface area contributed by atoms with Gasteiger partial charge in [0.15, 0.2) is 6.10 Å². The standard InChI is InChI=1S/C45H80NO8P/c1-3-5-7-9-11-13-15-17-19-20-21-22-24-25-27-29-31-33-35-37-44(47)51-41-43(42-53-55(49,50)52-40-39-46)54-45(48)38-36-34-32-30-28-26-23-18-16-14-12-10-8-6-4-2/h6,8,12,14,17-19,23,28,30,43H,3-5,7,9-11,13,15-16,20-22,24-27,29,31-42,46H2,1-2H3,(H,49,50)/t43-/m1/s1. The third kappa shape index (κ3) is 41.2. The fraction of sp³-hybridized carbons (Fsp3) is 0.733. The first-order valence-electron chi connectivity index (χ1n) is 21.8. The Labute approximate surface area is 336 Å². The fourth-order valence-corrected chi connectivity index (χ4v) is 6.44. The zero-order valence-electron chi connectivity index (χ0n) is 34.9. The third-order valence-corrected chi connectivity index (χ3v) is 9.87. The summed E-state index contributed by atoms with van der Waals surface area (Å²) in [5.74, 6) is -0.882. The Bertz CT molecular complexity index is 1090. The molecule has 0 aliphatic carbocycles. The molecule has 1 unspecified atom stereocenters. The SMILES string of the molecule is CCC=CCC=CCC=CCC=CCCCCC(=O)O[C@H](COC(=O)CCCCCCCCCCCC=CCCCCCCCC)COP(=O)(O)OCCN. The lowest BCUT2D eigenvalue weighted by atomic mass is 10.1. The molecule has 0 saturated heterocycles. The van der Waals surface area contributed by atoms with Crippen molar-refractivity contribution in [1.82, 2.24) is 0 Å². The summed E-state index contributed by atoms with van der Waals surface area (Å²) in [6.07, 6.45) is 48.3. The van der Waals surface area contributed by atoms with Crippen LogP contribution >= 0.6 is 7.82 Å². The Morgan fingerprint density at radius 2 is 1.00 bits per heavy atom. The second kappa shape index (κ2) is 41.3. The maximum Gasteiger partial charge on any atom is 0.472 e. The summed E-state index contributed by atoms with van der Waals surface area (Å²) in [4.78, 5) is 34.8. The lowest BCUT2D eigenvalue weighted by Gasteiger charge is -2.19. The number of hydrogen-bond donors (Lipinski definition) is 2. The van der Waals surface area contributed by atoms with Crippen LogP contribution in [0.25, 0.3) is 0 Å². The zero-order chi connectivity index (χ0) is 40.3. The molecule has 0 aliphatic rings. The highest BCUT2D eigenvalue weighted by atomic mass is 31.2. The highest BCUT2D eigenvalue weighted by Gasteiger charge is 2.25. The van der Waals surface area contributed by atoms with Crippen molar-refractivity contribution in [2.75, 3.05) is 26.4 Å². The summed E-state index contributed by atoms with van der Waals surface area (Å²) in [6.45, 7) is 3.56. The van der Waals surface area contributed by atoms with Gasteiger partial charge in [-0.2, -0.15) is 0 Å². The van der Waals surface area contributed by atoms with Crippen LogP contribution in [0, 0.1) is 0 Å². The van der Waals surface area contributed by atoms with Gasteiger partial charge in [-0.05, 0) is 77.0 Å². The molecule has 3 N–H and O–H groups in total. The molecule has 55 heavy (non-hydrogen) atoms. The maximum absolute atomic E-state index is 12.6. The fourth-order valence-electron chi connectivity index (χ4n) is 5.68. The van der Waals surface area contributed by atoms with Gasteiger partial charge in [-0.25, -0.2) is 4.57 Å². The first kappa shape index (κ1) is 52.7. The molecule has 0 heterocycles. The number of unbranched alkanes of at least 4 members (excludes halogenated alkanes) is 17. The second-order valence-electron chi connectivity index (χ2n) is 14.2. The molecule has 0 radical (unpaired) electrons. The van der Waals surface area contributed by atoms with E-state index in [1.54, 1.807) is 0 Å². The Morgan fingerprint density at radius 1 is 0.564 bits per heavy atom. The van der Waals surface area contributed by atoms with Crippen LogP contribution in [-0.2, 0) is 32.7 Å². The molecule has 0 aromatic rings. The van der Waals surface area contributed by atoms with Crippen molar-refractivity contribution >= 4 is 19.8 Å². The van der Waals surface area contributed by atoms with Crippen molar-refractivity contribution in [2.24, 2.45) is 5.73 Å². The Balaban J connectivity index is 4.19. The minimum atomic E-state index is -4.39. The molecule has 2 atom stereocenters. The van der Waals surface area contributed by atoms with Crippen molar-refractivity contribution < 1.29 is 37.6 Å². The van der Waals surface area contributed by atoms with Crippen LogP contribution in [0.15, 0.2) is 60.8 Å². The molecule has 0 aliphatic heterocycles. The summed E-state index contributed by atoms with van der Waals surface area (Å²) in [7, 11) is -4.39. The maximum atomic E-state index is 12.6. The van der Waals surface area contributed by atoms with Crippen molar-refractivity contribution in [3.8, 4) is 0 Å². The monoisotopic (exact) mass is 794 g/mol. The second-order valence-corrected chi connectivity index (χ2v) is 15.6. The van der Waals surface area contributed by atoms with Crippen molar-refractivity contribution in [3.63, 3.8) is 0 Å². The van der Waals surface area contributed by atoms with Gasteiger partial charge in [0.25, 0.3) is 0 Å². The molecule has 9 nitrogen and oxygen atoms in total. The molecule has 0 spiro atoms. The molecule has 10 heteroatoms. The number of carbonyl (C=O) groups excluding carboxylic acids is 2. The van der Waals surface area contributed by atoms with E-state index in [1.165, 1.54) is 89.9 Å². The lowest BCUT2D eigenvalue weighted by Crippen LogP contribution is -2.29. The van der Waals surface area contributed by atoms with E-state index < -0.39 is 32.5 Å². The quantitative estimate of drug-likeness (QED) is 0.0269. The lowest BCUT2D eigenvalue weighted by molar-refractivity contribution is -0.161.